The maximum absolute atomic E-state index is 5.24. The molecule has 1 atom stereocenters. The third-order valence-corrected chi connectivity index (χ3v) is 4.13. The number of benzene rings is 1. The van der Waals surface area contributed by atoms with Gasteiger partial charge >= 0.3 is 0 Å². The molecule has 4 nitrogen and oxygen atoms in total. The Balaban J connectivity index is 1.81. The van der Waals surface area contributed by atoms with Gasteiger partial charge in [-0.15, -0.1) is 0 Å². The van der Waals surface area contributed by atoms with Gasteiger partial charge in [0.05, 0.1) is 13.7 Å². The van der Waals surface area contributed by atoms with Crippen molar-refractivity contribution < 1.29 is 9.47 Å². The minimum absolute atomic E-state index is 0.651. The average molecular weight is 292 g/mol. The van der Waals surface area contributed by atoms with Gasteiger partial charge in [-0.25, -0.2) is 0 Å². The van der Waals surface area contributed by atoms with Crippen LogP contribution in [-0.2, 0) is 11.2 Å². The van der Waals surface area contributed by atoms with Gasteiger partial charge in [0.2, 0.25) is 0 Å². The predicted molar refractivity (Wildman–Crippen MR) is 86.0 cm³/mol. The molecule has 1 aromatic rings. The Hall–Kier alpha value is -1.10. The summed E-state index contributed by atoms with van der Waals surface area (Å²) in [5, 5.41) is 3.58. The van der Waals surface area contributed by atoms with E-state index in [1.165, 1.54) is 24.9 Å². The van der Waals surface area contributed by atoms with E-state index in [4.69, 9.17) is 9.47 Å². The molecule has 2 rings (SSSR count). The lowest BCUT2D eigenvalue weighted by atomic mass is 10.1. The molecule has 21 heavy (non-hydrogen) atoms. The van der Waals surface area contributed by atoms with Gasteiger partial charge in [-0.1, -0.05) is 12.1 Å². The number of rotatable bonds is 9. The van der Waals surface area contributed by atoms with Crippen molar-refractivity contribution in [1.82, 2.24) is 10.2 Å². The summed E-state index contributed by atoms with van der Waals surface area (Å²) < 4.78 is 10.4. The summed E-state index contributed by atoms with van der Waals surface area (Å²) in [5.41, 5.74) is 1.36. The Morgan fingerprint density at radius 3 is 2.62 bits per heavy atom. The molecule has 0 spiro atoms. The number of hydrogen-bond donors (Lipinski definition) is 1. The molecule has 1 aliphatic heterocycles. The fraction of sp³-hybridized carbons (Fsp3) is 0.647. The highest BCUT2D eigenvalue weighted by molar-refractivity contribution is 5.27. The van der Waals surface area contributed by atoms with E-state index < -0.39 is 0 Å². The number of nitrogens with zero attached hydrogens (tertiary/aromatic N) is 1. The maximum Gasteiger partial charge on any atom is 0.118 e. The SMILES string of the molecule is COCCN(CCc1ccc(OC)cc1)CC1CCCN1. The van der Waals surface area contributed by atoms with E-state index in [0.717, 1.165) is 38.4 Å². The molecular weight excluding hydrogens is 264 g/mol. The van der Waals surface area contributed by atoms with Crippen LogP contribution in [0.15, 0.2) is 24.3 Å². The van der Waals surface area contributed by atoms with Gasteiger partial charge in [-0.3, -0.25) is 4.90 Å². The van der Waals surface area contributed by atoms with Crippen LogP contribution in [0.3, 0.4) is 0 Å². The average Bonchev–Trinajstić information content (AvgIpc) is 3.03. The van der Waals surface area contributed by atoms with Gasteiger partial charge in [0.25, 0.3) is 0 Å². The minimum Gasteiger partial charge on any atom is -0.497 e. The van der Waals surface area contributed by atoms with Crippen molar-refractivity contribution in [2.75, 3.05) is 47.0 Å². The van der Waals surface area contributed by atoms with E-state index in [9.17, 15) is 0 Å². The molecule has 1 fully saturated rings. The summed E-state index contributed by atoms with van der Waals surface area (Å²) in [6.45, 7) is 5.18. The second kappa shape index (κ2) is 9.03. The zero-order valence-corrected chi connectivity index (χ0v) is 13.3. The normalized spacial score (nSPS) is 18.3. The fourth-order valence-electron chi connectivity index (χ4n) is 2.82. The molecule has 1 unspecified atom stereocenters. The van der Waals surface area contributed by atoms with Gasteiger partial charge in [0, 0.05) is 32.8 Å². The Kier molecular flexibility index (Phi) is 7.00. The Morgan fingerprint density at radius 1 is 1.19 bits per heavy atom. The van der Waals surface area contributed by atoms with Crippen LogP contribution in [0.5, 0.6) is 5.75 Å². The lowest BCUT2D eigenvalue weighted by molar-refractivity contribution is 0.143. The van der Waals surface area contributed by atoms with Gasteiger partial charge in [-0.2, -0.15) is 0 Å². The van der Waals surface area contributed by atoms with Gasteiger partial charge in [0.1, 0.15) is 5.75 Å². The predicted octanol–water partition coefficient (Wildman–Crippen LogP) is 1.94. The molecule has 1 aliphatic rings. The number of methoxy groups -OCH3 is 2. The fourth-order valence-corrected chi connectivity index (χ4v) is 2.82. The monoisotopic (exact) mass is 292 g/mol. The largest absolute Gasteiger partial charge is 0.497 e. The number of nitrogens with one attached hydrogen (secondary N) is 1. The van der Waals surface area contributed by atoms with Gasteiger partial charge in [0.15, 0.2) is 0 Å². The highest BCUT2D eigenvalue weighted by atomic mass is 16.5. The number of ether oxygens (including phenoxy) is 2. The summed E-state index contributed by atoms with van der Waals surface area (Å²) in [6, 6.07) is 9.03. The quantitative estimate of drug-likeness (QED) is 0.754. The summed E-state index contributed by atoms with van der Waals surface area (Å²) >= 11 is 0. The third kappa shape index (κ3) is 5.65. The van der Waals surface area contributed by atoms with Crippen LogP contribution in [0, 0.1) is 0 Å². The van der Waals surface area contributed by atoms with Crippen LogP contribution < -0.4 is 10.1 Å². The van der Waals surface area contributed by atoms with Gasteiger partial charge < -0.3 is 14.8 Å². The van der Waals surface area contributed by atoms with E-state index in [-0.39, 0.29) is 0 Å². The van der Waals surface area contributed by atoms with Crippen molar-refractivity contribution >= 4 is 0 Å². The standard InChI is InChI=1S/C17H28N2O2/c1-20-13-12-19(14-16-4-3-10-18-16)11-9-15-5-7-17(21-2)8-6-15/h5-8,16,18H,3-4,9-14H2,1-2H3. The third-order valence-electron chi connectivity index (χ3n) is 4.13. The maximum atomic E-state index is 5.24. The first-order valence-corrected chi connectivity index (χ1v) is 7.89. The van der Waals surface area contributed by atoms with Crippen molar-refractivity contribution in [2.24, 2.45) is 0 Å². The summed E-state index contributed by atoms with van der Waals surface area (Å²) in [5.74, 6) is 0.921. The molecule has 1 aromatic carbocycles. The van der Waals surface area contributed by atoms with E-state index >= 15 is 0 Å². The Bertz CT molecular complexity index is 388. The lowest BCUT2D eigenvalue weighted by Gasteiger charge is -2.25. The molecule has 0 amide bonds. The molecule has 118 valence electrons. The molecule has 0 aliphatic carbocycles. The highest BCUT2D eigenvalue weighted by Gasteiger charge is 2.17. The van der Waals surface area contributed by atoms with Crippen LogP contribution in [0.1, 0.15) is 18.4 Å². The topological polar surface area (TPSA) is 33.7 Å². The van der Waals surface area contributed by atoms with Crippen molar-refractivity contribution in [1.29, 1.82) is 0 Å². The Morgan fingerprint density at radius 2 is 2.00 bits per heavy atom. The van der Waals surface area contributed by atoms with Crippen LogP contribution in [0.25, 0.3) is 0 Å². The highest BCUT2D eigenvalue weighted by Crippen LogP contribution is 2.13. The molecule has 1 saturated heterocycles. The first-order valence-electron chi connectivity index (χ1n) is 7.89. The van der Waals surface area contributed by atoms with Crippen LogP contribution in [0.4, 0.5) is 0 Å². The molecule has 0 radical (unpaired) electrons. The van der Waals surface area contributed by atoms with Crippen LogP contribution in [0.2, 0.25) is 0 Å². The second-order valence-corrected chi connectivity index (χ2v) is 5.68. The van der Waals surface area contributed by atoms with Gasteiger partial charge in [-0.05, 0) is 43.5 Å². The van der Waals surface area contributed by atoms with E-state index in [1.54, 1.807) is 14.2 Å². The van der Waals surface area contributed by atoms with Crippen molar-refractivity contribution in [3.05, 3.63) is 29.8 Å². The first kappa shape index (κ1) is 16.3. The summed E-state index contributed by atoms with van der Waals surface area (Å²) in [7, 11) is 3.48. The molecule has 0 aromatic heterocycles. The molecule has 0 saturated carbocycles. The van der Waals surface area contributed by atoms with Crippen molar-refractivity contribution in [3.63, 3.8) is 0 Å². The van der Waals surface area contributed by atoms with Crippen molar-refractivity contribution in [2.45, 2.75) is 25.3 Å². The molecular formula is C17H28N2O2. The lowest BCUT2D eigenvalue weighted by Crippen LogP contribution is -2.40. The first-order chi connectivity index (χ1) is 10.3. The zero-order chi connectivity index (χ0) is 14.9. The summed E-state index contributed by atoms with van der Waals surface area (Å²) in [6.07, 6.45) is 3.67. The molecule has 0 bridgehead atoms. The van der Waals surface area contributed by atoms with Crippen LogP contribution in [-0.4, -0.2) is 57.9 Å². The van der Waals surface area contributed by atoms with Crippen LogP contribution >= 0.6 is 0 Å². The van der Waals surface area contributed by atoms with Crippen molar-refractivity contribution in [3.8, 4) is 5.75 Å². The molecule has 1 N–H and O–H groups in total. The second-order valence-electron chi connectivity index (χ2n) is 5.68. The summed E-state index contributed by atoms with van der Waals surface area (Å²) in [4.78, 5) is 2.51. The van der Waals surface area contributed by atoms with E-state index in [1.807, 2.05) is 12.1 Å². The minimum atomic E-state index is 0.651. The molecule has 4 heteroatoms. The number of hydrogen-bond acceptors (Lipinski definition) is 4. The molecule has 1 heterocycles. The van der Waals surface area contributed by atoms with E-state index in [0.29, 0.717) is 6.04 Å². The Labute approximate surface area is 128 Å². The van der Waals surface area contributed by atoms with E-state index in [2.05, 4.69) is 22.3 Å². The smallest absolute Gasteiger partial charge is 0.118 e. The zero-order valence-electron chi connectivity index (χ0n) is 13.3.